The van der Waals surface area contributed by atoms with Crippen molar-refractivity contribution in [1.29, 1.82) is 0 Å². The number of esters is 3. The Labute approximate surface area is 390 Å². The molecule has 0 N–H and O–H groups in total. The van der Waals surface area contributed by atoms with Crippen molar-refractivity contribution in [3.05, 3.63) is 60.8 Å². The molecule has 0 unspecified atom stereocenters. The Morgan fingerprint density at radius 3 is 0.937 bits per heavy atom. The quantitative estimate of drug-likeness (QED) is 0.0262. The molecule has 6 nitrogen and oxygen atoms in total. The van der Waals surface area contributed by atoms with Gasteiger partial charge in [-0.05, 0) is 103 Å². The number of rotatable bonds is 48. The number of unbranched alkanes of at least 4 members (excludes halogenated alkanes) is 27. The van der Waals surface area contributed by atoms with Crippen molar-refractivity contribution in [2.45, 2.75) is 271 Å². The van der Waals surface area contributed by atoms with Crippen molar-refractivity contribution in [3.8, 4) is 0 Å². The second-order valence-electron chi connectivity index (χ2n) is 17.8. The van der Waals surface area contributed by atoms with Crippen LogP contribution < -0.4 is 0 Å². The largest absolute Gasteiger partial charge is 0.462 e. The van der Waals surface area contributed by atoms with E-state index >= 15 is 0 Å². The lowest BCUT2D eigenvalue weighted by atomic mass is 10.1. The Hall–Kier alpha value is -2.89. The second-order valence-corrected chi connectivity index (χ2v) is 17.8. The van der Waals surface area contributed by atoms with Gasteiger partial charge in [-0.25, -0.2) is 0 Å². The summed E-state index contributed by atoms with van der Waals surface area (Å²) in [6, 6.07) is 0. The Kier molecular flexibility index (Phi) is 49.4. The maximum absolute atomic E-state index is 12.8. The van der Waals surface area contributed by atoms with E-state index in [4.69, 9.17) is 14.2 Å². The molecule has 0 spiro atoms. The molecule has 0 bridgehead atoms. The molecule has 0 rings (SSSR count). The Morgan fingerprint density at radius 1 is 0.317 bits per heavy atom. The van der Waals surface area contributed by atoms with Crippen molar-refractivity contribution in [2.75, 3.05) is 13.2 Å². The molecule has 1 atom stereocenters. The van der Waals surface area contributed by atoms with Gasteiger partial charge in [-0.1, -0.05) is 204 Å². The van der Waals surface area contributed by atoms with Crippen LogP contribution in [0.2, 0.25) is 0 Å². The summed E-state index contributed by atoms with van der Waals surface area (Å²) in [6.45, 7) is 6.54. The van der Waals surface area contributed by atoms with E-state index in [1.54, 1.807) is 0 Å². The number of carbonyl (C=O) groups is 3. The molecule has 0 saturated heterocycles. The van der Waals surface area contributed by atoms with Crippen molar-refractivity contribution < 1.29 is 28.6 Å². The number of hydrogen-bond acceptors (Lipinski definition) is 6. The van der Waals surface area contributed by atoms with Crippen LogP contribution >= 0.6 is 0 Å². The predicted molar refractivity (Wildman–Crippen MR) is 270 cm³/mol. The molecule has 0 aliphatic heterocycles. The molecule has 0 amide bonds. The zero-order valence-electron chi connectivity index (χ0n) is 41.6. The minimum absolute atomic E-state index is 0.0844. The fourth-order valence-electron chi connectivity index (χ4n) is 7.37. The first kappa shape index (κ1) is 60.1. The van der Waals surface area contributed by atoms with Gasteiger partial charge in [0.2, 0.25) is 0 Å². The molecule has 6 heteroatoms. The fraction of sp³-hybridized carbons (Fsp3) is 0.772. The average Bonchev–Trinajstić information content (AvgIpc) is 3.28. The third kappa shape index (κ3) is 50.0. The highest BCUT2D eigenvalue weighted by Crippen LogP contribution is 2.14. The van der Waals surface area contributed by atoms with E-state index in [9.17, 15) is 14.4 Å². The SMILES string of the molecule is CCCC/C=C\CCCCCCCC(=O)OC[C@H](COC(=O)CCCCCCCCCCC/C=C\C/C=C\CCCCC)OC(=O)CCCCCCC/C=C\C/C=C\CCCCC. The highest BCUT2D eigenvalue weighted by Gasteiger charge is 2.19. The summed E-state index contributed by atoms with van der Waals surface area (Å²) < 4.78 is 16.8. The Morgan fingerprint density at radius 2 is 0.587 bits per heavy atom. The predicted octanol–water partition coefficient (Wildman–Crippen LogP) is 17.6. The van der Waals surface area contributed by atoms with Gasteiger partial charge in [0.25, 0.3) is 0 Å². The van der Waals surface area contributed by atoms with Crippen LogP contribution in [-0.4, -0.2) is 37.2 Å². The van der Waals surface area contributed by atoms with Gasteiger partial charge in [-0.15, -0.1) is 0 Å². The molecule has 0 aliphatic carbocycles. The van der Waals surface area contributed by atoms with Gasteiger partial charge in [0.1, 0.15) is 13.2 Å². The first-order valence-electron chi connectivity index (χ1n) is 26.8. The lowest BCUT2D eigenvalue weighted by Crippen LogP contribution is -2.30. The minimum Gasteiger partial charge on any atom is -0.462 e. The number of carbonyl (C=O) groups excluding carboxylic acids is 3. The molecule has 0 aromatic heterocycles. The van der Waals surface area contributed by atoms with Crippen molar-refractivity contribution >= 4 is 17.9 Å². The molecular weight excluding hydrogens is 781 g/mol. The van der Waals surface area contributed by atoms with Gasteiger partial charge in [-0.3, -0.25) is 14.4 Å². The molecule has 0 fully saturated rings. The van der Waals surface area contributed by atoms with Crippen LogP contribution in [0.3, 0.4) is 0 Å². The summed E-state index contributed by atoms with van der Waals surface area (Å²) in [5.41, 5.74) is 0. The van der Waals surface area contributed by atoms with Gasteiger partial charge < -0.3 is 14.2 Å². The summed E-state index contributed by atoms with van der Waals surface area (Å²) in [5, 5.41) is 0. The summed E-state index contributed by atoms with van der Waals surface area (Å²) >= 11 is 0. The monoisotopic (exact) mass is 881 g/mol. The first-order chi connectivity index (χ1) is 31.0. The van der Waals surface area contributed by atoms with E-state index in [1.165, 1.54) is 128 Å². The van der Waals surface area contributed by atoms with E-state index in [-0.39, 0.29) is 31.1 Å². The lowest BCUT2D eigenvalue weighted by molar-refractivity contribution is -0.167. The van der Waals surface area contributed by atoms with Crippen LogP contribution in [0.15, 0.2) is 60.8 Å². The molecule has 364 valence electrons. The zero-order valence-corrected chi connectivity index (χ0v) is 41.6. The van der Waals surface area contributed by atoms with Gasteiger partial charge in [0.05, 0.1) is 0 Å². The standard InChI is InChI=1S/C57H100O6/c1-4-7-10-13-16-19-22-24-26-27-28-29-31-32-35-38-41-44-47-50-56(59)62-53-54(52-61-55(58)49-46-43-40-37-34-21-18-15-12-9-6-3)63-57(60)51-48-45-42-39-36-33-30-25-23-20-17-14-11-8-5-2/h15-20,24-26,30,54H,4-14,21-23,27-29,31-53H2,1-3H3/b18-15-,19-16-,20-17-,26-24-,30-25-/t54-/m1/s1. The van der Waals surface area contributed by atoms with E-state index < -0.39 is 6.10 Å². The van der Waals surface area contributed by atoms with E-state index in [0.717, 1.165) is 96.3 Å². The summed E-state index contributed by atoms with van der Waals surface area (Å²) in [4.78, 5) is 38.0. The molecule has 0 aromatic rings. The van der Waals surface area contributed by atoms with Crippen molar-refractivity contribution in [1.82, 2.24) is 0 Å². The maximum Gasteiger partial charge on any atom is 0.306 e. The average molecular weight is 881 g/mol. The number of hydrogen-bond donors (Lipinski definition) is 0. The summed E-state index contributed by atoms with van der Waals surface area (Å²) in [7, 11) is 0. The van der Waals surface area contributed by atoms with Crippen molar-refractivity contribution in [3.63, 3.8) is 0 Å². The fourth-order valence-corrected chi connectivity index (χ4v) is 7.37. The highest BCUT2D eigenvalue weighted by molar-refractivity contribution is 5.71. The molecule has 0 aliphatic rings. The minimum atomic E-state index is -0.785. The molecule has 0 radical (unpaired) electrons. The van der Waals surface area contributed by atoms with Gasteiger partial charge in [0, 0.05) is 19.3 Å². The Bertz CT molecular complexity index is 1150. The molecule has 0 saturated carbocycles. The highest BCUT2D eigenvalue weighted by atomic mass is 16.6. The van der Waals surface area contributed by atoms with E-state index in [0.29, 0.717) is 19.3 Å². The smallest absolute Gasteiger partial charge is 0.306 e. The molecule has 63 heavy (non-hydrogen) atoms. The maximum atomic E-state index is 12.8. The third-order valence-electron chi connectivity index (χ3n) is 11.5. The molecular formula is C57H100O6. The summed E-state index contributed by atoms with van der Waals surface area (Å²) in [6.07, 6.45) is 63.4. The van der Waals surface area contributed by atoms with Crippen LogP contribution in [0.4, 0.5) is 0 Å². The van der Waals surface area contributed by atoms with E-state index in [2.05, 4.69) is 81.5 Å². The van der Waals surface area contributed by atoms with E-state index in [1.807, 2.05) is 0 Å². The van der Waals surface area contributed by atoms with Gasteiger partial charge >= 0.3 is 17.9 Å². The van der Waals surface area contributed by atoms with Crippen LogP contribution in [0.25, 0.3) is 0 Å². The van der Waals surface area contributed by atoms with Crippen LogP contribution in [0.5, 0.6) is 0 Å². The van der Waals surface area contributed by atoms with Crippen LogP contribution in [-0.2, 0) is 28.6 Å². The first-order valence-corrected chi connectivity index (χ1v) is 26.8. The topological polar surface area (TPSA) is 78.9 Å². The number of ether oxygens (including phenoxy) is 3. The van der Waals surface area contributed by atoms with Crippen LogP contribution in [0, 0.1) is 0 Å². The third-order valence-corrected chi connectivity index (χ3v) is 11.5. The number of allylic oxidation sites excluding steroid dienone is 10. The lowest BCUT2D eigenvalue weighted by Gasteiger charge is -2.18. The second kappa shape index (κ2) is 51.7. The molecule has 0 heterocycles. The van der Waals surface area contributed by atoms with Gasteiger partial charge in [0.15, 0.2) is 6.10 Å². The normalized spacial score (nSPS) is 12.5. The Balaban J connectivity index is 4.36. The van der Waals surface area contributed by atoms with Crippen molar-refractivity contribution in [2.24, 2.45) is 0 Å². The molecule has 0 aromatic carbocycles. The zero-order chi connectivity index (χ0) is 45.8. The van der Waals surface area contributed by atoms with Crippen LogP contribution in [0.1, 0.15) is 265 Å². The van der Waals surface area contributed by atoms with Gasteiger partial charge in [-0.2, -0.15) is 0 Å². The summed E-state index contributed by atoms with van der Waals surface area (Å²) in [5.74, 6) is -0.907.